The van der Waals surface area contributed by atoms with Crippen LogP contribution in [0.2, 0.25) is 0 Å². The van der Waals surface area contributed by atoms with E-state index in [0.29, 0.717) is 12.1 Å². The fraction of sp³-hybridized carbons (Fsp3) is 0.538. The molecular formula is C13H19BrN2O. The molecule has 2 rings (SSSR count). The van der Waals surface area contributed by atoms with Crippen molar-refractivity contribution in [2.24, 2.45) is 0 Å². The Labute approximate surface area is 111 Å². The molecule has 0 bridgehead atoms. The van der Waals surface area contributed by atoms with Gasteiger partial charge in [0.1, 0.15) is 0 Å². The van der Waals surface area contributed by atoms with Crippen molar-refractivity contribution in [3.63, 3.8) is 0 Å². The van der Waals surface area contributed by atoms with Crippen molar-refractivity contribution in [2.75, 3.05) is 24.6 Å². The molecule has 1 saturated heterocycles. The monoisotopic (exact) mass is 298 g/mol. The zero-order valence-electron chi connectivity index (χ0n) is 10.1. The van der Waals surface area contributed by atoms with Crippen molar-refractivity contribution in [2.45, 2.75) is 25.4 Å². The van der Waals surface area contributed by atoms with E-state index in [9.17, 15) is 0 Å². The van der Waals surface area contributed by atoms with Gasteiger partial charge in [-0.05, 0) is 31.5 Å². The maximum atomic E-state index is 9.14. The quantitative estimate of drug-likeness (QED) is 0.896. The normalized spacial score (nSPS) is 25.0. The van der Waals surface area contributed by atoms with Gasteiger partial charge in [-0.15, -0.1) is 0 Å². The van der Waals surface area contributed by atoms with Gasteiger partial charge in [0.15, 0.2) is 0 Å². The molecule has 94 valence electrons. The number of aliphatic hydroxyl groups excluding tert-OH is 1. The molecule has 1 aromatic carbocycles. The number of rotatable bonds is 3. The predicted octanol–water partition coefficient (Wildman–Crippen LogP) is 2.00. The smallest absolute Gasteiger partial charge is 0.0451 e. The molecule has 3 nitrogen and oxygen atoms in total. The lowest BCUT2D eigenvalue weighted by Crippen LogP contribution is -2.56. The third-order valence-corrected chi connectivity index (χ3v) is 3.71. The average molecular weight is 299 g/mol. The fourth-order valence-corrected chi connectivity index (χ4v) is 2.72. The molecule has 0 amide bonds. The lowest BCUT2D eigenvalue weighted by atomic mass is 10.1. The molecule has 0 aliphatic carbocycles. The van der Waals surface area contributed by atoms with Crippen LogP contribution in [0.15, 0.2) is 28.7 Å². The van der Waals surface area contributed by atoms with Crippen LogP contribution in [-0.2, 0) is 0 Å². The first-order valence-corrected chi connectivity index (χ1v) is 6.86. The first-order valence-electron chi connectivity index (χ1n) is 6.07. The Kier molecular flexibility index (Phi) is 4.42. The first kappa shape index (κ1) is 12.9. The number of halogens is 1. The highest BCUT2D eigenvalue weighted by Crippen LogP contribution is 2.24. The van der Waals surface area contributed by atoms with Crippen LogP contribution in [-0.4, -0.2) is 36.9 Å². The van der Waals surface area contributed by atoms with E-state index in [2.05, 4.69) is 51.3 Å². The summed E-state index contributed by atoms with van der Waals surface area (Å²) in [5.41, 5.74) is 1.23. The average Bonchev–Trinajstić information content (AvgIpc) is 2.32. The van der Waals surface area contributed by atoms with E-state index in [0.717, 1.165) is 24.0 Å². The molecule has 0 saturated carbocycles. The maximum Gasteiger partial charge on any atom is 0.0451 e. The molecule has 4 heteroatoms. The van der Waals surface area contributed by atoms with E-state index in [-0.39, 0.29) is 6.61 Å². The number of piperazine rings is 1. The molecule has 0 aromatic heterocycles. The highest BCUT2D eigenvalue weighted by atomic mass is 79.9. The fourth-order valence-electron chi connectivity index (χ4n) is 2.33. The predicted molar refractivity (Wildman–Crippen MR) is 74.4 cm³/mol. The molecule has 1 aromatic rings. The molecule has 1 aliphatic rings. The van der Waals surface area contributed by atoms with E-state index in [1.165, 1.54) is 5.69 Å². The van der Waals surface area contributed by atoms with Crippen LogP contribution in [0, 0.1) is 0 Å². The summed E-state index contributed by atoms with van der Waals surface area (Å²) in [7, 11) is 0. The van der Waals surface area contributed by atoms with Crippen LogP contribution in [0.4, 0.5) is 5.69 Å². The third kappa shape index (κ3) is 3.21. The van der Waals surface area contributed by atoms with Crippen molar-refractivity contribution in [1.29, 1.82) is 0 Å². The van der Waals surface area contributed by atoms with Crippen LogP contribution < -0.4 is 10.2 Å². The zero-order valence-corrected chi connectivity index (χ0v) is 11.7. The number of aliphatic hydroxyl groups is 1. The van der Waals surface area contributed by atoms with E-state index < -0.39 is 0 Å². The number of hydrogen-bond acceptors (Lipinski definition) is 3. The van der Waals surface area contributed by atoms with Gasteiger partial charge >= 0.3 is 0 Å². The summed E-state index contributed by atoms with van der Waals surface area (Å²) in [5.74, 6) is 0. The SMILES string of the molecule is CC1CN(c2cccc(Br)c2)C(CCO)CN1. The number of hydrogen-bond donors (Lipinski definition) is 2. The first-order chi connectivity index (χ1) is 8.20. The van der Waals surface area contributed by atoms with Crippen LogP contribution in [0.3, 0.4) is 0 Å². The number of nitrogens with zero attached hydrogens (tertiary/aromatic N) is 1. The second kappa shape index (κ2) is 5.85. The molecule has 17 heavy (non-hydrogen) atoms. The van der Waals surface area contributed by atoms with Gasteiger partial charge < -0.3 is 15.3 Å². The van der Waals surface area contributed by atoms with Gasteiger partial charge in [-0.1, -0.05) is 22.0 Å². The van der Waals surface area contributed by atoms with Gasteiger partial charge in [0.2, 0.25) is 0 Å². The van der Waals surface area contributed by atoms with Crippen molar-refractivity contribution in [3.8, 4) is 0 Å². The molecule has 0 spiro atoms. The minimum absolute atomic E-state index is 0.241. The number of benzene rings is 1. The molecule has 1 fully saturated rings. The molecule has 2 atom stereocenters. The molecular weight excluding hydrogens is 280 g/mol. The van der Waals surface area contributed by atoms with Crippen molar-refractivity contribution < 1.29 is 5.11 Å². The largest absolute Gasteiger partial charge is 0.396 e. The lowest BCUT2D eigenvalue weighted by Gasteiger charge is -2.41. The summed E-state index contributed by atoms with van der Waals surface area (Å²) >= 11 is 3.51. The summed E-state index contributed by atoms with van der Waals surface area (Å²) in [6.45, 7) is 4.36. The molecule has 2 N–H and O–H groups in total. The number of nitrogens with one attached hydrogen (secondary N) is 1. The second-order valence-electron chi connectivity index (χ2n) is 4.61. The Morgan fingerprint density at radius 2 is 2.35 bits per heavy atom. The van der Waals surface area contributed by atoms with E-state index in [4.69, 9.17) is 5.11 Å². The highest BCUT2D eigenvalue weighted by molar-refractivity contribution is 9.10. The van der Waals surface area contributed by atoms with Gasteiger partial charge in [0.25, 0.3) is 0 Å². The van der Waals surface area contributed by atoms with Crippen molar-refractivity contribution >= 4 is 21.6 Å². The summed E-state index contributed by atoms with van der Waals surface area (Å²) < 4.78 is 1.10. The summed E-state index contributed by atoms with van der Waals surface area (Å²) in [6, 6.07) is 9.24. The molecule has 1 heterocycles. The van der Waals surface area contributed by atoms with Gasteiger partial charge in [-0.3, -0.25) is 0 Å². The summed E-state index contributed by atoms with van der Waals surface area (Å²) in [6.07, 6.45) is 0.812. The molecule has 0 radical (unpaired) electrons. The molecule has 2 unspecified atom stereocenters. The van der Waals surface area contributed by atoms with E-state index >= 15 is 0 Å². The van der Waals surface area contributed by atoms with Crippen LogP contribution in [0.25, 0.3) is 0 Å². The maximum absolute atomic E-state index is 9.14. The van der Waals surface area contributed by atoms with E-state index in [1.54, 1.807) is 0 Å². The number of anilines is 1. The summed E-state index contributed by atoms with van der Waals surface area (Å²) in [4.78, 5) is 2.39. The Morgan fingerprint density at radius 3 is 3.06 bits per heavy atom. The Morgan fingerprint density at radius 1 is 1.53 bits per heavy atom. The topological polar surface area (TPSA) is 35.5 Å². The van der Waals surface area contributed by atoms with E-state index in [1.807, 2.05) is 6.07 Å². The van der Waals surface area contributed by atoms with Crippen LogP contribution in [0.1, 0.15) is 13.3 Å². The molecule has 1 aliphatic heterocycles. The minimum Gasteiger partial charge on any atom is -0.396 e. The Bertz CT molecular complexity index is 372. The second-order valence-corrected chi connectivity index (χ2v) is 5.52. The van der Waals surface area contributed by atoms with Gasteiger partial charge in [-0.25, -0.2) is 0 Å². The van der Waals surface area contributed by atoms with Crippen molar-refractivity contribution in [3.05, 3.63) is 28.7 Å². The van der Waals surface area contributed by atoms with Crippen molar-refractivity contribution in [1.82, 2.24) is 5.32 Å². The minimum atomic E-state index is 0.241. The van der Waals surface area contributed by atoms with Crippen LogP contribution >= 0.6 is 15.9 Å². The standard InChI is InChI=1S/C13H19BrN2O/c1-10-9-16(13(5-6-17)8-15-10)12-4-2-3-11(14)7-12/h2-4,7,10,13,15,17H,5-6,8-9H2,1H3. The van der Waals surface area contributed by atoms with Gasteiger partial charge in [0.05, 0.1) is 0 Å². The lowest BCUT2D eigenvalue weighted by molar-refractivity contribution is 0.260. The highest BCUT2D eigenvalue weighted by Gasteiger charge is 2.25. The summed E-state index contributed by atoms with van der Waals surface area (Å²) in [5, 5.41) is 12.6. The van der Waals surface area contributed by atoms with Crippen LogP contribution in [0.5, 0.6) is 0 Å². The van der Waals surface area contributed by atoms with Gasteiger partial charge in [0, 0.05) is 41.9 Å². The Hall–Kier alpha value is -0.580. The zero-order chi connectivity index (χ0) is 12.3. The Balaban J connectivity index is 2.19. The third-order valence-electron chi connectivity index (χ3n) is 3.22. The van der Waals surface area contributed by atoms with Gasteiger partial charge in [-0.2, -0.15) is 0 Å².